The molecule has 17 heavy (non-hydrogen) atoms. The first-order valence-corrected chi connectivity index (χ1v) is 6.01. The molecule has 1 unspecified atom stereocenters. The lowest BCUT2D eigenvalue weighted by molar-refractivity contribution is 0.337. The van der Waals surface area contributed by atoms with Crippen LogP contribution in [0.1, 0.15) is 18.9 Å². The molecule has 1 aromatic rings. The van der Waals surface area contributed by atoms with Crippen LogP contribution in [0.15, 0.2) is 18.5 Å². The molecule has 0 N–H and O–H groups in total. The third-order valence-electron chi connectivity index (χ3n) is 3.28. The topological polar surface area (TPSA) is 43.2 Å². The van der Waals surface area contributed by atoms with Crippen LogP contribution in [-0.2, 0) is 0 Å². The number of nitriles is 1. The molecule has 4 nitrogen and oxygen atoms in total. The van der Waals surface area contributed by atoms with E-state index in [1.165, 1.54) is 0 Å². The molecule has 1 aliphatic heterocycles. The zero-order valence-corrected chi connectivity index (χ0v) is 10.4. The van der Waals surface area contributed by atoms with E-state index in [-0.39, 0.29) is 0 Å². The predicted molar refractivity (Wildman–Crippen MR) is 67.9 cm³/mol. The molecule has 0 saturated carbocycles. The number of rotatable bonds is 1. The van der Waals surface area contributed by atoms with Gasteiger partial charge >= 0.3 is 0 Å². The third-order valence-corrected chi connectivity index (χ3v) is 3.28. The van der Waals surface area contributed by atoms with Crippen molar-refractivity contribution < 1.29 is 0 Å². The molecule has 0 amide bonds. The molecule has 2 rings (SSSR count). The summed E-state index contributed by atoms with van der Waals surface area (Å²) in [6.07, 6.45) is 4.61. The van der Waals surface area contributed by atoms with E-state index >= 15 is 0 Å². The van der Waals surface area contributed by atoms with Gasteiger partial charge in [0.1, 0.15) is 6.07 Å². The van der Waals surface area contributed by atoms with E-state index in [0.717, 1.165) is 37.3 Å². The molecule has 4 heteroatoms. The summed E-state index contributed by atoms with van der Waals surface area (Å²) in [5, 5.41) is 9.14. The zero-order chi connectivity index (χ0) is 12.3. The molecule has 0 radical (unpaired) electrons. The first-order valence-electron chi connectivity index (χ1n) is 6.01. The first kappa shape index (κ1) is 11.9. The Hall–Kier alpha value is -1.60. The Kier molecular flexibility index (Phi) is 3.60. The van der Waals surface area contributed by atoms with Crippen LogP contribution in [0.25, 0.3) is 0 Å². The Morgan fingerprint density at radius 2 is 2.29 bits per heavy atom. The molecular formula is C13H18N4. The van der Waals surface area contributed by atoms with Crippen molar-refractivity contribution in [3.8, 4) is 6.07 Å². The van der Waals surface area contributed by atoms with E-state index in [0.29, 0.717) is 6.04 Å². The maximum Gasteiger partial charge on any atom is 0.101 e. The van der Waals surface area contributed by atoms with Crippen molar-refractivity contribution in [1.29, 1.82) is 5.26 Å². The van der Waals surface area contributed by atoms with Crippen LogP contribution < -0.4 is 4.90 Å². The second-order valence-corrected chi connectivity index (χ2v) is 4.66. The number of hydrogen-bond donors (Lipinski definition) is 0. The normalized spacial score (nSPS) is 21.9. The van der Waals surface area contributed by atoms with E-state index in [4.69, 9.17) is 5.26 Å². The number of nitrogens with zero attached hydrogens (tertiary/aromatic N) is 4. The third kappa shape index (κ3) is 2.56. The number of likely N-dealkylation sites (N-methyl/N-ethyl adjacent to an activating group) is 1. The van der Waals surface area contributed by atoms with Crippen molar-refractivity contribution in [2.75, 3.05) is 31.6 Å². The highest BCUT2D eigenvalue weighted by Crippen LogP contribution is 2.22. The molecule has 0 aromatic carbocycles. The molecule has 1 saturated heterocycles. The Bertz CT molecular complexity index is 424. The highest BCUT2D eigenvalue weighted by atomic mass is 15.2. The standard InChI is InChI=1S/C13H18N4/c1-11-10-16(2)6-3-7-17(11)13-9-15-5-4-12(13)8-14/h4-5,9,11H,3,6-7,10H2,1-2H3. The van der Waals surface area contributed by atoms with Crippen LogP contribution in [0.4, 0.5) is 5.69 Å². The Morgan fingerprint density at radius 3 is 3.06 bits per heavy atom. The Balaban J connectivity index is 2.29. The fourth-order valence-corrected chi connectivity index (χ4v) is 2.44. The number of anilines is 1. The number of aromatic nitrogens is 1. The largest absolute Gasteiger partial charge is 0.365 e. The summed E-state index contributed by atoms with van der Waals surface area (Å²) >= 11 is 0. The molecule has 90 valence electrons. The fourth-order valence-electron chi connectivity index (χ4n) is 2.44. The smallest absolute Gasteiger partial charge is 0.101 e. The minimum atomic E-state index is 0.416. The average molecular weight is 230 g/mol. The fraction of sp³-hybridized carbons (Fsp3) is 0.538. The lowest BCUT2D eigenvalue weighted by atomic mass is 10.2. The van der Waals surface area contributed by atoms with Gasteiger partial charge in [0.15, 0.2) is 0 Å². The molecule has 2 heterocycles. The average Bonchev–Trinajstić information content (AvgIpc) is 2.50. The predicted octanol–water partition coefficient (Wildman–Crippen LogP) is 1.48. The van der Waals surface area contributed by atoms with Crippen molar-refractivity contribution >= 4 is 5.69 Å². The van der Waals surface area contributed by atoms with Crippen LogP contribution in [0.5, 0.6) is 0 Å². The molecular weight excluding hydrogens is 212 g/mol. The van der Waals surface area contributed by atoms with Gasteiger partial charge < -0.3 is 9.80 Å². The molecule has 0 bridgehead atoms. The summed E-state index contributed by atoms with van der Waals surface area (Å²) in [6.45, 7) is 5.34. The second kappa shape index (κ2) is 5.15. The van der Waals surface area contributed by atoms with Gasteiger partial charge in [-0.05, 0) is 33.0 Å². The van der Waals surface area contributed by atoms with Crippen molar-refractivity contribution in [1.82, 2.24) is 9.88 Å². The van der Waals surface area contributed by atoms with Gasteiger partial charge in [-0.3, -0.25) is 4.98 Å². The van der Waals surface area contributed by atoms with Gasteiger partial charge in [-0.15, -0.1) is 0 Å². The summed E-state index contributed by atoms with van der Waals surface area (Å²) in [4.78, 5) is 8.79. The second-order valence-electron chi connectivity index (χ2n) is 4.66. The summed E-state index contributed by atoms with van der Waals surface area (Å²) < 4.78 is 0. The molecule has 1 aromatic heterocycles. The van der Waals surface area contributed by atoms with E-state index < -0.39 is 0 Å². The van der Waals surface area contributed by atoms with Gasteiger partial charge in [0.05, 0.1) is 17.4 Å². The summed E-state index contributed by atoms with van der Waals surface area (Å²) in [5.41, 5.74) is 1.69. The van der Waals surface area contributed by atoms with E-state index in [9.17, 15) is 0 Å². The lowest BCUT2D eigenvalue weighted by Gasteiger charge is -2.30. The maximum atomic E-state index is 9.14. The lowest BCUT2D eigenvalue weighted by Crippen LogP contribution is -2.38. The molecule has 1 aliphatic rings. The van der Waals surface area contributed by atoms with Crippen LogP contribution in [0.2, 0.25) is 0 Å². The highest BCUT2D eigenvalue weighted by Gasteiger charge is 2.21. The van der Waals surface area contributed by atoms with Gasteiger partial charge in [-0.1, -0.05) is 0 Å². The van der Waals surface area contributed by atoms with Gasteiger partial charge in [0.2, 0.25) is 0 Å². The minimum Gasteiger partial charge on any atom is -0.365 e. The van der Waals surface area contributed by atoms with E-state index in [2.05, 4.69) is 34.8 Å². The van der Waals surface area contributed by atoms with Crippen LogP contribution >= 0.6 is 0 Å². The van der Waals surface area contributed by atoms with Crippen LogP contribution in [-0.4, -0.2) is 42.6 Å². The van der Waals surface area contributed by atoms with Gasteiger partial charge in [-0.25, -0.2) is 0 Å². The van der Waals surface area contributed by atoms with E-state index in [1.54, 1.807) is 18.5 Å². The van der Waals surface area contributed by atoms with Gasteiger partial charge in [0.25, 0.3) is 0 Å². The molecule has 1 fully saturated rings. The van der Waals surface area contributed by atoms with Gasteiger partial charge in [-0.2, -0.15) is 5.26 Å². The highest BCUT2D eigenvalue weighted by molar-refractivity contribution is 5.58. The van der Waals surface area contributed by atoms with Crippen LogP contribution in [0.3, 0.4) is 0 Å². The quantitative estimate of drug-likeness (QED) is 0.733. The maximum absolute atomic E-state index is 9.14. The van der Waals surface area contributed by atoms with Gasteiger partial charge in [0, 0.05) is 25.3 Å². The van der Waals surface area contributed by atoms with Crippen LogP contribution in [0, 0.1) is 11.3 Å². The molecule has 0 aliphatic carbocycles. The van der Waals surface area contributed by atoms with E-state index in [1.807, 2.05) is 0 Å². The van der Waals surface area contributed by atoms with Crippen molar-refractivity contribution in [2.24, 2.45) is 0 Å². The summed E-state index contributed by atoms with van der Waals surface area (Å²) in [7, 11) is 2.15. The first-order chi connectivity index (χ1) is 8.22. The van der Waals surface area contributed by atoms with Crippen molar-refractivity contribution in [3.63, 3.8) is 0 Å². The zero-order valence-electron chi connectivity index (χ0n) is 10.4. The summed E-state index contributed by atoms with van der Waals surface area (Å²) in [6, 6.07) is 4.45. The minimum absolute atomic E-state index is 0.416. The number of hydrogen-bond acceptors (Lipinski definition) is 4. The molecule has 0 spiro atoms. The summed E-state index contributed by atoms with van der Waals surface area (Å²) in [5.74, 6) is 0. The Morgan fingerprint density at radius 1 is 1.47 bits per heavy atom. The Labute approximate surface area is 102 Å². The monoisotopic (exact) mass is 230 g/mol. The number of pyridine rings is 1. The SMILES string of the molecule is CC1CN(C)CCCN1c1cnccc1C#N. The van der Waals surface area contributed by atoms with Crippen molar-refractivity contribution in [3.05, 3.63) is 24.0 Å². The molecule has 1 atom stereocenters. The van der Waals surface area contributed by atoms with Crippen molar-refractivity contribution in [2.45, 2.75) is 19.4 Å².